The summed E-state index contributed by atoms with van der Waals surface area (Å²) in [6.07, 6.45) is 5.92. The number of hydrogen-bond acceptors (Lipinski definition) is 0. The van der Waals surface area contributed by atoms with Gasteiger partial charge in [-0.05, 0) is 43.5 Å². The second-order valence-electron chi connectivity index (χ2n) is 7.42. The Bertz CT molecular complexity index is 997. The maximum absolute atomic E-state index is 8.44. The van der Waals surface area contributed by atoms with Crippen LogP contribution in [0.1, 0.15) is 64.9 Å². The first-order valence-electron chi connectivity index (χ1n) is 11.2. The molecule has 3 aromatic rings. The molecule has 0 radical (unpaired) electrons. The van der Waals surface area contributed by atoms with E-state index < -0.39 is 6.85 Å². The Labute approximate surface area is 161 Å². The second kappa shape index (κ2) is 7.11. The zero-order valence-electron chi connectivity index (χ0n) is 18.7. The first kappa shape index (κ1) is 13.8. The number of rotatable bonds is 3. The summed E-state index contributed by atoms with van der Waals surface area (Å²) in [5.41, 5.74) is 5.15. The van der Waals surface area contributed by atoms with E-state index >= 15 is 0 Å². The van der Waals surface area contributed by atoms with Gasteiger partial charge in [0.15, 0.2) is 5.69 Å². The van der Waals surface area contributed by atoms with Crippen LogP contribution in [0.25, 0.3) is 11.4 Å². The normalized spacial score (nSPS) is 17.5. The molecule has 2 aromatic carbocycles. The van der Waals surface area contributed by atoms with Crippen LogP contribution in [0.2, 0.25) is 0 Å². The van der Waals surface area contributed by atoms with Gasteiger partial charge in [-0.3, -0.25) is 0 Å². The monoisotopic (exact) mass is 348 g/mol. The number of imidazole rings is 1. The van der Waals surface area contributed by atoms with Crippen LogP contribution >= 0.6 is 0 Å². The highest BCUT2D eigenvalue weighted by Crippen LogP contribution is 2.36. The van der Waals surface area contributed by atoms with Gasteiger partial charge < -0.3 is 0 Å². The quantitative estimate of drug-likeness (QED) is 0.535. The van der Waals surface area contributed by atoms with E-state index in [0.29, 0.717) is 11.7 Å². The van der Waals surface area contributed by atoms with Crippen molar-refractivity contribution in [1.29, 1.82) is 0 Å². The zero-order chi connectivity index (χ0) is 20.6. The van der Waals surface area contributed by atoms with Gasteiger partial charge in [-0.1, -0.05) is 55.7 Å². The highest BCUT2D eigenvalue weighted by molar-refractivity contribution is 5.39. The number of hydrogen-bond donors (Lipinski definition) is 0. The lowest BCUT2D eigenvalue weighted by Crippen LogP contribution is -2.36. The molecule has 1 heterocycles. The molecule has 0 atom stereocenters. The largest absolute Gasteiger partial charge is 0.264 e. The zero-order valence-corrected chi connectivity index (χ0v) is 15.7. The molecule has 0 saturated heterocycles. The van der Waals surface area contributed by atoms with Gasteiger partial charge >= 0.3 is 0 Å². The Morgan fingerprint density at radius 3 is 2.31 bits per heavy atom. The molecule has 0 aliphatic heterocycles. The van der Waals surface area contributed by atoms with E-state index in [-0.39, 0.29) is 0 Å². The van der Waals surface area contributed by atoms with Crippen molar-refractivity contribution in [2.45, 2.75) is 58.7 Å². The molecule has 0 unspecified atom stereocenters. The number of benzene rings is 2. The second-order valence-corrected chi connectivity index (χ2v) is 7.42. The highest BCUT2D eigenvalue weighted by atomic mass is 15.2. The van der Waals surface area contributed by atoms with Crippen molar-refractivity contribution in [3.63, 3.8) is 0 Å². The minimum atomic E-state index is -2.24. The molecule has 1 aliphatic carbocycles. The Hall–Kier alpha value is -2.35. The van der Waals surface area contributed by atoms with Crippen LogP contribution in [-0.2, 0) is 0 Å². The fourth-order valence-corrected chi connectivity index (χ4v) is 4.45. The number of nitrogens with zero attached hydrogens (tertiary/aromatic N) is 2. The molecule has 0 bridgehead atoms. The average molecular weight is 349 g/mol. The van der Waals surface area contributed by atoms with E-state index in [9.17, 15) is 0 Å². The summed E-state index contributed by atoms with van der Waals surface area (Å²) in [7, 11) is 0. The third-order valence-corrected chi connectivity index (χ3v) is 5.73. The molecule has 0 N–H and O–H groups in total. The standard InChI is InChI=1S/C24H29N2/c1-18-12-10-11-17-23(18)25-19(2)24(21-13-6-4-7-14-21)26(20(25)3)22-15-8-5-9-16-22/h5,8-12,15-17,21H,4,6-7,13-14H2,1-3H3/q+1/i3D3. The average Bonchev–Trinajstić information content (AvgIpc) is 3.03. The molecule has 1 fully saturated rings. The van der Waals surface area contributed by atoms with E-state index in [1.165, 1.54) is 19.3 Å². The molecular weight excluding hydrogens is 316 g/mol. The van der Waals surface area contributed by atoms with Gasteiger partial charge in [0, 0.05) is 23.8 Å². The van der Waals surface area contributed by atoms with E-state index in [1.54, 1.807) is 0 Å². The van der Waals surface area contributed by atoms with Gasteiger partial charge in [-0.25, -0.2) is 0 Å². The molecule has 26 heavy (non-hydrogen) atoms. The van der Waals surface area contributed by atoms with Gasteiger partial charge in [0.1, 0.15) is 17.1 Å². The summed E-state index contributed by atoms with van der Waals surface area (Å²) in [5.74, 6) is 0.756. The Morgan fingerprint density at radius 2 is 1.62 bits per heavy atom. The minimum Gasteiger partial charge on any atom is -0.197 e. The Kier molecular flexibility index (Phi) is 3.77. The number of aryl methyl sites for hydroxylation is 1. The molecule has 1 aromatic heterocycles. The third-order valence-electron chi connectivity index (χ3n) is 5.73. The molecule has 4 rings (SSSR count). The van der Waals surface area contributed by atoms with Crippen molar-refractivity contribution in [2.75, 3.05) is 0 Å². The predicted octanol–water partition coefficient (Wildman–Crippen LogP) is 5.73. The molecule has 134 valence electrons. The smallest absolute Gasteiger partial charge is 0.197 e. The lowest BCUT2D eigenvalue weighted by atomic mass is 9.86. The molecule has 2 nitrogen and oxygen atoms in total. The first-order chi connectivity index (χ1) is 13.9. The van der Waals surface area contributed by atoms with Crippen LogP contribution in [-0.4, -0.2) is 4.57 Å². The van der Waals surface area contributed by atoms with Crippen molar-refractivity contribution in [2.24, 2.45) is 0 Å². The maximum atomic E-state index is 8.44. The summed E-state index contributed by atoms with van der Waals surface area (Å²) < 4.78 is 29.3. The lowest BCUT2D eigenvalue weighted by Gasteiger charge is -2.20. The Balaban J connectivity index is 2.09. The van der Waals surface area contributed by atoms with Crippen molar-refractivity contribution in [3.8, 4) is 11.4 Å². The van der Waals surface area contributed by atoms with E-state index in [4.69, 9.17) is 4.11 Å². The molecule has 1 saturated carbocycles. The minimum absolute atomic E-state index is 0.371. The van der Waals surface area contributed by atoms with E-state index in [2.05, 4.69) is 6.92 Å². The summed E-state index contributed by atoms with van der Waals surface area (Å²) in [5, 5.41) is 0. The van der Waals surface area contributed by atoms with Crippen LogP contribution in [0.3, 0.4) is 0 Å². The summed E-state index contributed by atoms with van der Waals surface area (Å²) >= 11 is 0. The van der Waals surface area contributed by atoms with Crippen LogP contribution in [0.4, 0.5) is 0 Å². The fourth-order valence-electron chi connectivity index (χ4n) is 4.45. The molecule has 1 aliphatic rings. The van der Waals surface area contributed by atoms with E-state index in [1.807, 2.05) is 70.7 Å². The summed E-state index contributed by atoms with van der Waals surface area (Å²) in [6.45, 7) is 1.89. The highest BCUT2D eigenvalue weighted by Gasteiger charge is 2.33. The molecule has 2 heteroatoms. The number of aromatic nitrogens is 2. The van der Waals surface area contributed by atoms with Gasteiger partial charge in [-0.15, -0.1) is 0 Å². The third kappa shape index (κ3) is 2.88. The topological polar surface area (TPSA) is 8.81 Å². The van der Waals surface area contributed by atoms with Crippen LogP contribution < -0.4 is 4.57 Å². The van der Waals surface area contributed by atoms with E-state index in [0.717, 1.165) is 41.2 Å². The number of para-hydroxylation sites is 2. The van der Waals surface area contributed by atoms with Crippen molar-refractivity contribution in [1.82, 2.24) is 4.57 Å². The van der Waals surface area contributed by atoms with Crippen LogP contribution in [0, 0.1) is 20.7 Å². The van der Waals surface area contributed by atoms with Gasteiger partial charge in [-0.2, -0.15) is 9.13 Å². The summed E-state index contributed by atoms with van der Waals surface area (Å²) in [6, 6.07) is 18.0. The fraction of sp³-hybridized carbons (Fsp3) is 0.375. The summed E-state index contributed by atoms with van der Waals surface area (Å²) in [4.78, 5) is 0. The van der Waals surface area contributed by atoms with Gasteiger partial charge in [0.2, 0.25) is 0 Å². The predicted molar refractivity (Wildman–Crippen MR) is 107 cm³/mol. The van der Waals surface area contributed by atoms with Gasteiger partial charge in [0.05, 0.1) is 0 Å². The van der Waals surface area contributed by atoms with Crippen molar-refractivity contribution in [3.05, 3.63) is 77.4 Å². The Morgan fingerprint density at radius 1 is 0.923 bits per heavy atom. The lowest BCUT2D eigenvalue weighted by molar-refractivity contribution is -0.609. The van der Waals surface area contributed by atoms with Crippen molar-refractivity contribution < 1.29 is 8.68 Å². The molecule has 0 spiro atoms. The molecular formula is C24H29N2+. The van der Waals surface area contributed by atoms with Crippen molar-refractivity contribution >= 4 is 0 Å². The molecule has 0 amide bonds. The SMILES string of the molecule is [2H]C([2H])([2H])c1n(-c2ccccc2)c(C2CCCCC2)c(C)[n+]1-c1ccccc1C. The maximum Gasteiger partial charge on any atom is 0.264 e. The van der Waals surface area contributed by atoms with Crippen LogP contribution in [0.5, 0.6) is 0 Å². The van der Waals surface area contributed by atoms with Gasteiger partial charge in [0.25, 0.3) is 5.82 Å². The van der Waals surface area contributed by atoms with Crippen LogP contribution in [0.15, 0.2) is 54.6 Å². The first-order valence-corrected chi connectivity index (χ1v) is 9.68.